The second-order valence-electron chi connectivity index (χ2n) is 13.9. The van der Waals surface area contributed by atoms with Crippen LogP contribution in [0.2, 0.25) is 0 Å². The number of furan rings is 2. The zero-order valence-corrected chi connectivity index (χ0v) is 29.3. The summed E-state index contributed by atoms with van der Waals surface area (Å²) in [6.45, 7) is 0. The van der Waals surface area contributed by atoms with Crippen LogP contribution in [0.15, 0.2) is 189 Å². The summed E-state index contributed by atoms with van der Waals surface area (Å²) in [5.41, 5.74) is 12.1. The SMILES string of the molecule is c1ccc(-c2nc3c(ccc4oc5cc(N(c6ccc7oc8ccccc8c7c6)c6cccc7c6c6ccccc6n7-c6ccccc6)ccc5c43)o2)cc1. The average molecular weight is 708 g/mol. The van der Waals surface area contributed by atoms with Gasteiger partial charge in [0.2, 0.25) is 5.89 Å². The van der Waals surface area contributed by atoms with E-state index in [-0.39, 0.29) is 0 Å². The van der Waals surface area contributed by atoms with Gasteiger partial charge >= 0.3 is 0 Å². The Balaban J connectivity index is 1.12. The standard InChI is InChI=1S/C49H29N3O3/c1-3-12-30(13-4-1)49-50-48-44(55-49)27-26-43-47(48)36-24-22-33(29-45(36)54-43)51(32-23-25-42-37(28-32)34-16-8-10-21-41(34)53-42)39-19-11-20-40-46(39)35-17-7-9-18-38(35)52(40)31-14-5-2-6-15-31/h1-29H. The molecule has 6 nitrogen and oxygen atoms in total. The van der Waals surface area contributed by atoms with Gasteiger partial charge in [0.05, 0.1) is 22.1 Å². The van der Waals surface area contributed by atoms with Gasteiger partial charge in [0.1, 0.15) is 27.8 Å². The van der Waals surface area contributed by atoms with Crippen molar-refractivity contribution in [3.05, 3.63) is 176 Å². The van der Waals surface area contributed by atoms with E-state index < -0.39 is 0 Å². The average Bonchev–Trinajstić information content (AvgIpc) is 4.02. The van der Waals surface area contributed by atoms with Crippen LogP contribution in [0.25, 0.3) is 93.9 Å². The smallest absolute Gasteiger partial charge is 0.227 e. The molecule has 0 fully saturated rings. The molecule has 0 bridgehead atoms. The fourth-order valence-corrected chi connectivity index (χ4v) is 8.41. The van der Waals surface area contributed by atoms with Crippen molar-refractivity contribution in [1.82, 2.24) is 9.55 Å². The van der Waals surface area contributed by atoms with Crippen molar-refractivity contribution in [2.24, 2.45) is 0 Å². The van der Waals surface area contributed by atoms with Crippen LogP contribution in [0, 0.1) is 0 Å². The second kappa shape index (κ2) is 11.5. The highest BCUT2D eigenvalue weighted by molar-refractivity contribution is 6.19. The maximum atomic E-state index is 6.65. The van der Waals surface area contributed by atoms with Gasteiger partial charge in [-0.2, -0.15) is 0 Å². The molecule has 0 unspecified atom stereocenters. The molecule has 12 aromatic rings. The number of nitrogens with zero attached hydrogens (tertiary/aromatic N) is 3. The molecular formula is C49H29N3O3. The highest BCUT2D eigenvalue weighted by atomic mass is 16.4. The first-order valence-corrected chi connectivity index (χ1v) is 18.4. The predicted octanol–water partition coefficient (Wildman–Crippen LogP) is 13.9. The third kappa shape index (κ3) is 4.46. The van der Waals surface area contributed by atoms with Gasteiger partial charge in [0.15, 0.2) is 5.58 Å². The lowest BCUT2D eigenvalue weighted by atomic mass is 10.1. The first kappa shape index (κ1) is 29.9. The van der Waals surface area contributed by atoms with Crippen LogP contribution in [0.4, 0.5) is 17.1 Å². The van der Waals surface area contributed by atoms with E-state index in [9.17, 15) is 0 Å². The predicted molar refractivity (Wildman–Crippen MR) is 223 cm³/mol. The fourth-order valence-electron chi connectivity index (χ4n) is 8.41. The van der Waals surface area contributed by atoms with Crippen molar-refractivity contribution in [3.8, 4) is 17.1 Å². The van der Waals surface area contributed by atoms with Gasteiger partial charge in [-0.05, 0) is 91.0 Å². The van der Waals surface area contributed by atoms with Crippen molar-refractivity contribution in [1.29, 1.82) is 0 Å². The molecule has 4 heterocycles. The number of aromatic nitrogens is 2. The minimum absolute atomic E-state index is 0.588. The molecule has 0 saturated heterocycles. The number of hydrogen-bond donors (Lipinski definition) is 0. The molecule has 0 aliphatic heterocycles. The highest BCUT2D eigenvalue weighted by Crippen LogP contribution is 2.46. The Bertz CT molecular complexity index is 3440. The van der Waals surface area contributed by atoms with Crippen LogP contribution in [0.5, 0.6) is 0 Å². The molecule has 0 aliphatic rings. The Morgan fingerprint density at radius 1 is 0.418 bits per heavy atom. The molecule has 0 amide bonds. The molecule has 0 saturated carbocycles. The fraction of sp³-hybridized carbons (Fsp3) is 0. The van der Waals surface area contributed by atoms with Crippen LogP contribution < -0.4 is 4.90 Å². The van der Waals surface area contributed by atoms with Gasteiger partial charge in [-0.25, -0.2) is 4.98 Å². The molecule has 258 valence electrons. The summed E-state index contributed by atoms with van der Waals surface area (Å²) in [4.78, 5) is 7.32. The lowest BCUT2D eigenvalue weighted by molar-refractivity contribution is 0.619. The molecular weight excluding hydrogens is 679 g/mol. The van der Waals surface area contributed by atoms with E-state index in [1.165, 1.54) is 5.39 Å². The number of benzene rings is 8. The second-order valence-corrected chi connectivity index (χ2v) is 13.9. The van der Waals surface area contributed by atoms with Crippen molar-refractivity contribution in [3.63, 3.8) is 0 Å². The molecule has 0 atom stereocenters. The van der Waals surface area contributed by atoms with Gasteiger partial charge in [-0.3, -0.25) is 0 Å². The number of rotatable bonds is 5. The lowest BCUT2D eigenvalue weighted by Gasteiger charge is -2.26. The molecule has 0 radical (unpaired) electrons. The van der Waals surface area contributed by atoms with Crippen LogP contribution in [-0.2, 0) is 0 Å². The zero-order chi connectivity index (χ0) is 36.0. The Hall–Kier alpha value is -7.57. The van der Waals surface area contributed by atoms with Crippen LogP contribution in [-0.4, -0.2) is 9.55 Å². The topological polar surface area (TPSA) is 60.5 Å². The third-order valence-electron chi connectivity index (χ3n) is 10.8. The van der Waals surface area contributed by atoms with E-state index in [0.29, 0.717) is 5.89 Å². The van der Waals surface area contributed by atoms with Crippen LogP contribution in [0.3, 0.4) is 0 Å². The lowest BCUT2D eigenvalue weighted by Crippen LogP contribution is -2.10. The van der Waals surface area contributed by atoms with Crippen molar-refractivity contribution < 1.29 is 13.3 Å². The number of fused-ring (bicyclic) bond motifs is 11. The summed E-state index contributed by atoms with van der Waals surface area (Å²) in [5.74, 6) is 0.588. The minimum atomic E-state index is 0.588. The first-order chi connectivity index (χ1) is 27.3. The quantitative estimate of drug-likeness (QED) is 0.178. The van der Waals surface area contributed by atoms with Gasteiger partial charge in [0.25, 0.3) is 0 Å². The molecule has 8 aromatic carbocycles. The van der Waals surface area contributed by atoms with Gasteiger partial charge < -0.3 is 22.7 Å². The zero-order valence-electron chi connectivity index (χ0n) is 29.3. The van der Waals surface area contributed by atoms with Gasteiger partial charge in [-0.15, -0.1) is 0 Å². The Kier molecular flexibility index (Phi) is 6.24. The molecule has 12 rings (SSSR count). The van der Waals surface area contributed by atoms with Crippen molar-refractivity contribution in [2.45, 2.75) is 0 Å². The Morgan fingerprint density at radius 3 is 1.98 bits per heavy atom. The summed E-state index contributed by atoms with van der Waals surface area (Å²) in [6.07, 6.45) is 0. The monoisotopic (exact) mass is 707 g/mol. The number of para-hydroxylation sites is 3. The largest absolute Gasteiger partial charge is 0.456 e. The molecule has 0 aliphatic carbocycles. The molecule has 55 heavy (non-hydrogen) atoms. The van der Waals surface area contributed by atoms with E-state index in [1.54, 1.807) is 0 Å². The molecule has 0 N–H and O–H groups in total. The van der Waals surface area contributed by atoms with E-state index in [0.717, 1.165) is 99.7 Å². The summed E-state index contributed by atoms with van der Waals surface area (Å²) in [6, 6.07) is 60.9. The van der Waals surface area contributed by atoms with E-state index in [4.69, 9.17) is 18.2 Å². The van der Waals surface area contributed by atoms with Crippen LogP contribution >= 0.6 is 0 Å². The summed E-state index contributed by atoms with van der Waals surface area (Å²) < 4.78 is 21.5. The van der Waals surface area contributed by atoms with E-state index >= 15 is 0 Å². The summed E-state index contributed by atoms with van der Waals surface area (Å²) in [5, 5.41) is 6.39. The summed E-state index contributed by atoms with van der Waals surface area (Å²) in [7, 11) is 0. The number of anilines is 3. The maximum absolute atomic E-state index is 6.65. The molecule has 6 heteroatoms. The van der Waals surface area contributed by atoms with Crippen molar-refractivity contribution >= 4 is 93.8 Å². The third-order valence-corrected chi connectivity index (χ3v) is 10.8. The van der Waals surface area contributed by atoms with Crippen molar-refractivity contribution in [2.75, 3.05) is 4.90 Å². The minimum Gasteiger partial charge on any atom is -0.456 e. The van der Waals surface area contributed by atoms with E-state index in [1.807, 2.05) is 54.6 Å². The Labute approximate surface area is 313 Å². The highest BCUT2D eigenvalue weighted by Gasteiger charge is 2.24. The summed E-state index contributed by atoms with van der Waals surface area (Å²) >= 11 is 0. The normalized spacial score (nSPS) is 12.0. The first-order valence-electron chi connectivity index (χ1n) is 18.4. The van der Waals surface area contributed by atoms with Gasteiger partial charge in [-0.1, -0.05) is 78.9 Å². The van der Waals surface area contributed by atoms with Crippen LogP contribution in [0.1, 0.15) is 0 Å². The Morgan fingerprint density at radius 2 is 1.09 bits per heavy atom. The number of oxazole rings is 1. The van der Waals surface area contributed by atoms with E-state index in [2.05, 4.69) is 131 Å². The van der Waals surface area contributed by atoms with Gasteiger partial charge in [0, 0.05) is 55.6 Å². The number of hydrogen-bond acceptors (Lipinski definition) is 5. The maximum Gasteiger partial charge on any atom is 0.227 e. The molecule has 0 spiro atoms. The molecule has 4 aromatic heterocycles.